The zero-order valence-electron chi connectivity index (χ0n) is 17.1. The largest absolute Gasteiger partial charge is 0.469 e. The summed E-state index contributed by atoms with van der Waals surface area (Å²) in [4.78, 5) is 25.9. The highest BCUT2D eigenvalue weighted by Crippen LogP contribution is 2.70. The number of hydrogen-bond acceptors (Lipinski definition) is 3. The van der Waals surface area contributed by atoms with Gasteiger partial charge in [-0.15, -0.1) is 0 Å². The fourth-order valence-electron chi connectivity index (χ4n) is 7.76. The summed E-state index contributed by atoms with van der Waals surface area (Å²) < 4.78 is 5.23. The van der Waals surface area contributed by atoms with Crippen molar-refractivity contribution in [3.63, 3.8) is 0 Å². The molecule has 0 N–H and O–H groups in total. The zero-order chi connectivity index (χ0) is 18.9. The van der Waals surface area contributed by atoms with Crippen LogP contribution in [0.3, 0.4) is 0 Å². The Bertz CT molecular complexity index is 677. The molecular formula is C23H34O3. The summed E-state index contributed by atoms with van der Waals surface area (Å²) in [6.07, 6.45) is 9.31. The minimum atomic E-state index is -0.395. The SMILES string of the molecule is COC(=O)[C@]1(C)CCC[C@@]2(C)[C@H]1CC[C@@]13C=C(C(C)C)[C@@H](CC1=O)C[C@H]23. The summed E-state index contributed by atoms with van der Waals surface area (Å²) in [6.45, 7) is 9.05. The van der Waals surface area contributed by atoms with Crippen LogP contribution >= 0.6 is 0 Å². The van der Waals surface area contributed by atoms with Crippen molar-refractivity contribution in [1.82, 2.24) is 0 Å². The van der Waals surface area contributed by atoms with Crippen LogP contribution < -0.4 is 0 Å². The highest BCUT2D eigenvalue weighted by Gasteiger charge is 2.67. The molecule has 26 heavy (non-hydrogen) atoms. The molecule has 0 radical (unpaired) electrons. The van der Waals surface area contributed by atoms with E-state index in [1.807, 2.05) is 0 Å². The van der Waals surface area contributed by atoms with Crippen molar-refractivity contribution in [2.24, 2.45) is 39.9 Å². The number of ether oxygens (including phenoxy) is 1. The molecule has 2 bridgehead atoms. The maximum absolute atomic E-state index is 13.2. The number of esters is 1. The van der Waals surface area contributed by atoms with Crippen molar-refractivity contribution in [2.75, 3.05) is 7.11 Å². The third kappa shape index (κ3) is 2.12. The molecule has 0 unspecified atom stereocenters. The zero-order valence-corrected chi connectivity index (χ0v) is 17.1. The first kappa shape index (κ1) is 18.3. The Morgan fingerprint density at radius 1 is 1.19 bits per heavy atom. The second-order valence-electron chi connectivity index (χ2n) is 10.3. The van der Waals surface area contributed by atoms with Crippen molar-refractivity contribution in [1.29, 1.82) is 0 Å². The van der Waals surface area contributed by atoms with Crippen LogP contribution in [0, 0.1) is 39.9 Å². The summed E-state index contributed by atoms with van der Waals surface area (Å²) >= 11 is 0. The summed E-state index contributed by atoms with van der Waals surface area (Å²) in [7, 11) is 1.52. The standard InChI is InChI=1S/C23H34O3/c1-14(2)16-13-23-10-7-17-21(3,18(23)11-15(16)12-19(23)24)8-6-9-22(17,4)20(25)26-5/h13-15,17-18H,6-12H2,1-5H3/t15-,17-,18-,21+,22-,23+/m1/s1. The van der Waals surface area contributed by atoms with Gasteiger partial charge in [-0.1, -0.05) is 38.8 Å². The fourth-order valence-corrected chi connectivity index (χ4v) is 7.76. The molecular weight excluding hydrogens is 324 g/mol. The lowest BCUT2D eigenvalue weighted by molar-refractivity contribution is -0.185. The number of rotatable bonds is 2. The molecule has 3 saturated carbocycles. The maximum atomic E-state index is 13.2. The van der Waals surface area contributed by atoms with Crippen molar-refractivity contribution >= 4 is 11.8 Å². The third-order valence-corrected chi connectivity index (χ3v) is 8.93. The van der Waals surface area contributed by atoms with Gasteiger partial charge in [0.25, 0.3) is 0 Å². The molecule has 0 heterocycles. The monoisotopic (exact) mass is 358 g/mol. The van der Waals surface area contributed by atoms with Gasteiger partial charge in [0, 0.05) is 6.42 Å². The van der Waals surface area contributed by atoms with Crippen molar-refractivity contribution in [3.8, 4) is 0 Å². The van der Waals surface area contributed by atoms with Crippen LogP contribution in [0.15, 0.2) is 11.6 Å². The van der Waals surface area contributed by atoms with Crippen LogP contribution in [0.25, 0.3) is 0 Å². The quantitative estimate of drug-likeness (QED) is 0.518. The van der Waals surface area contributed by atoms with Gasteiger partial charge < -0.3 is 4.74 Å². The average Bonchev–Trinajstić information content (AvgIpc) is 2.60. The number of carbonyl (C=O) groups is 2. The van der Waals surface area contributed by atoms with Gasteiger partial charge in [-0.25, -0.2) is 0 Å². The van der Waals surface area contributed by atoms with Gasteiger partial charge in [-0.3, -0.25) is 9.59 Å². The second-order valence-corrected chi connectivity index (χ2v) is 10.3. The molecule has 0 aromatic heterocycles. The van der Waals surface area contributed by atoms with Crippen molar-refractivity contribution in [2.45, 2.75) is 72.6 Å². The number of allylic oxidation sites excluding steroid dienone is 2. The first-order valence-corrected chi connectivity index (χ1v) is 10.5. The lowest BCUT2D eigenvalue weighted by Gasteiger charge is -2.65. The van der Waals surface area contributed by atoms with Gasteiger partial charge in [0.1, 0.15) is 5.78 Å². The lowest BCUT2D eigenvalue weighted by atomic mass is 9.37. The van der Waals surface area contributed by atoms with Gasteiger partial charge in [-0.2, -0.15) is 0 Å². The highest BCUT2D eigenvalue weighted by molar-refractivity contribution is 5.90. The van der Waals surface area contributed by atoms with E-state index in [0.717, 1.165) is 44.9 Å². The van der Waals surface area contributed by atoms with Gasteiger partial charge in [0.2, 0.25) is 0 Å². The molecule has 0 saturated heterocycles. The van der Waals surface area contributed by atoms with E-state index in [4.69, 9.17) is 4.74 Å². The Hall–Kier alpha value is -1.12. The number of Topliss-reactive ketones (excluding diaryl/α,β-unsaturated/α-hetero) is 1. The van der Waals surface area contributed by atoms with Crippen LogP contribution in [0.1, 0.15) is 72.6 Å². The molecule has 5 aliphatic rings. The Kier molecular flexibility index (Phi) is 3.99. The molecule has 0 aromatic rings. The van der Waals surface area contributed by atoms with E-state index >= 15 is 0 Å². The summed E-state index contributed by atoms with van der Waals surface area (Å²) in [5.74, 6) is 2.12. The number of hydrogen-bond donors (Lipinski definition) is 0. The molecule has 144 valence electrons. The molecule has 5 rings (SSSR count). The first-order chi connectivity index (χ1) is 12.2. The molecule has 0 aromatic carbocycles. The molecule has 5 aliphatic carbocycles. The fraction of sp³-hybridized carbons (Fsp3) is 0.826. The molecule has 0 amide bonds. The van der Waals surface area contributed by atoms with Crippen molar-refractivity contribution in [3.05, 3.63) is 11.6 Å². The Morgan fingerprint density at radius 3 is 2.58 bits per heavy atom. The summed E-state index contributed by atoms with van der Waals surface area (Å²) in [5.41, 5.74) is 0.934. The minimum absolute atomic E-state index is 0.0462. The lowest BCUT2D eigenvalue weighted by Crippen LogP contribution is -2.63. The Morgan fingerprint density at radius 2 is 1.92 bits per heavy atom. The van der Waals surface area contributed by atoms with Gasteiger partial charge >= 0.3 is 5.97 Å². The van der Waals surface area contributed by atoms with Crippen molar-refractivity contribution < 1.29 is 14.3 Å². The van der Waals surface area contributed by atoms with Crippen LogP contribution in [-0.2, 0) is 14.3 Å². The molecule has 3 nitrogen and oxygen atoms in total. The van der Waals surface area contributed by atoms with E-state index in [1.54, 1.807) is 0 Å². The Labute approximate surface area is 157 Å². The third-order valence-electron chi connectivity index (χ3n) is 8.93. The van der Waals surface area contributed by atoms with Crippen LogP contribution in [0.2, 0.25) is 0 Å². The Balaban J connectivity index is 1.79. The molecule has 3 fully saturated rings. The number of fused-ring (bicyclic) bond motifs is 2. The minimum Gasteiger partial charge on any atom is -0.469 e. The molecule has 1 spiro atoms. The smallest absolute Gasteiger partial charge is 0.311 e. The van der Waals surface area contributed by atoms with E-state index in [9.17, 15) is 9.59 Å². The molecule has 3 heteroatoms. The van der Waals surface area contributed by atoms with Crippen LogP contribution in [-0.4, -0.2) is 18.9 Å². The molecule has 6 atom stereocenters. The second kappa shape index (κ2) is 5.69. The van der Waals surface area contributed by atoms with E-state index in [0.29, 0.717) is 29.5 Å². The predicted molar refractivity (Wildman–Crippen MR) is 101 cm³/mol. The number of ketones is 1. The van der Waals surface area contributed by atoms with Crippen LogP contribution in [0.5, 0.6) is 0 Å². The average molecular weight is 359 g/mol. The van der Waals surface area contributed by atoms with Gasteiger partial charge in [0.05, 0.1) is 17.9 Å². The van der Waals surface area contributed by atoms with E-state index in [1.165, 1.54) is 12.7 Å². The number of methoxy groups -OCH3 is 1. The summed E-state index contributed by atoms with van der Waals surface area (Å²) in [6, 6.07) is 0. The van der Waals surface area contributed by atoms with Gasteiger partial charge in [0.15, 0.2) is 0 Å². The predicted octanol–water partition coefficient (Wildman–Crippen LogP) is 4.94. The first-order valence-electron chi connectivity index (χ1n) is 10.5. The topological polar surface area (TPSA) is 43.4 Å². The van der Waals surface area contributed by atoms with Crippen LogP contribution in [0.4, 0.5) is 0 Å². The normalized spacial score (nSPS) is 47.2. The highest BCUT2D eigenvalue weighted by atomic mass is 16.5. The van der Waals surface area contributed by atoms with E-state index < -0.39 is 5.41 Å². The number of carbonyl (C=O) groups excluding carboxylic acids is 2. The van der Waals surface area contributed by atoms with E-state index in [2.05, 4.69) is 33.8 Å². The van der Waals surface area contributed by atoms with E-state index in [-0.39, 0.29) is 16.8 Å². The maximum Gasteiger partial charge on any atom is 0.311 e. The van der Waals surface area contributed by atoms with Gasteiger partial charge in [-0.05, 0) is 68.1 Å². The summed E-state index contributed by atoms with van der Waals surface area (Å²) in [5, 5.41) is 0. The molecule has 0 aliphatic heterocycles.